The van der Waals surface area contributed by atoms with Crippen molar-refractivity contribution < 1.29 is 23.7 Å². The second-order valence-electron chi connectivity index (χ2n) is 7.22. The molecule has 0 heterocycles. The molecule has 0 bridgehead atoms. The summed E-state index contributed by atoms with van der Waals surface area (Å²) in [6.07, 6.45) is 6.94. The maximum absolute atomic E-state index is 12.3. The molecule has 0 amide bonds. The molecule has 0 aromatic heterocycles. The van der Waals surface area contributed by atoms with Crippen molar-refractivity contribution >= 4 is 29.3 Å². The van der Waals surface area contributed by atoms with Crippen LogP contribution < -0.4 is 30.0 Å². The summed E-state index contributed by atoms with van der Waals surface area (Å²) in [5.41, 5.74) is 9.37. The fourth-order valence-electron chi connectivity index (χ4n) is 3.28. The summed E-state index contributed by atoms with van der Waals surface area (Å²) in [5.74, 6) is 2.21. The van der Waals surface area contributed by atoms with Crippen LogP contribution in [0.2, 0.25) is 0 Å². The van der Waals surface area contributed by atoms with Gasteiger partial charge in [0.15, 0.2) is 17.3 Å². The Balaban J connectivity index is 1.79. The maximum atomic E-state index is 12.3. The first kappa shape index (κ1) is 24.3. The smallest absolute Gasteiger partial charge is 0.203 e. The topological polar surface area (TPSA) is 92.0 Å². The Labute approximate surface area is 199 Å². The molecular formula is C27H28N2O5. The molecule has 0 atom stereocenters. The first-order valence-corrected chi connectivity index (χ1v) is 10.5. The van der Waals surface area contributed by atoms with Crippen molar-refractivity contribution in [3.8, 4) is 23.0 Å². The van der Waals surface area contributed by atoms with Crippen molar-refractivity contribution in [2.75, 3.05) is 39.5 Å². The van der Waals surface area contributed by atoms with E-state index >= 15 is 0 Å². The third kappa shape index (κ3) is 5.89. The van der Waals surface area contributed by atoms with Crippen molar-refractivity contribution in [1.29, 1.82) is 0 Å². The van der Waals surface area contributed by atoms with Gasteiger partial charge in [-0.05, 0) is 59.7 Å². The van der Waals surface area contributed by atoms with E-state index in [1.54, 1.807) is 58.9 Å². The van der Waals surface area contributed by atoms with Crippen molar-refractivity contribution in [2.45, 2.75) is 0 Å². The van der Waals surface area contributed by atoms with Gasteiger partial charge in [-0.25, -0.2) is 0 Å². The number of rotatable bonds is 10. The molecule has 7 heteroatoms. The molecule has 0 aliphatic heterocycles. The molecule has 7 nitrogen and oxygen atoms in total. The summed E-state index contributed by atoms with van der Waals surface area (Å²) in [6, 6.07) is 16.2. The predicted octanol–water partition coefficient (Wildman–Crippen LogP) is 5.28. The molecule has 3 rings (SSSR count). The van der Waals surface area contributed by atoms with Gasteiger partial charge >= 0.3 is 0 Å². The number of hydrogen-bond acceptors (Lipinski definition) is 7. The second-order valence-corrected chi connectivity index (χ2v) is 7.22. The summed E-state index contributed by atoms with van der Waals surface area (Å²) >= 11 is 0. The van der Waals surface area contributed by atoms with E-state index in [9.17, 15) is 4.79 Å². The summed E-state index contributed by atoms with van der Waals surface area (Å²) in [6.45, 7) is 0. The number of benzene rings is 3. The molecule has 0 radical (unpaired) electrons. The Morgan fingerprint density at radius 2 is 1.38 bits per heavy atom. The Morgan fingerprint density at radius 1 is 0.765 bits per heavy atom. The zero-order valence-corrected chi connectivity index (χ0v) is 19.6. The number of allylic oxidation sites excluding steroid dienone is 1. The van der Waals surface area contributed by atoms with Crippen LogP contribution in [0.15, 0.2) is 66.9 Å². The number of nitrogen functional groups attached to an aromatic ring is 1. The lowest BCUT2D eigenvalue weighted by molar-refractivity contribution is 0.104. The molecular weight excluding hydrogens is 432 g/mol. The summed E-state index contributed by atoms with van der Waals surface area (Å²) in [5, 5.41) is 3.12. The average Bonchev–Trinajstić information content (AvgIpc) is 2.87. The van der Waals surface area contributed by atoms with Gasteiger partial charge in [-0.3, -0.25) is 4.79 Å². The molecule has 0 saturated heterocycles. The highest BCUT2D eigenvalue weighted by atomic mass is 16.5. The van der Waals surface area contributed by atoms with Gasteiger partial charge in [0, 0.05) is 23.5 Å². The lowest BCUT2D eigenvalue weighted by atomic mass is 10.1. The highest BCUT2D eigenvalue weighted by molar-refractivity contribution is 6.04. The predicted molar refractivity (Wildman–Crippen MR) is 136 cm³/mol. The van der Waals surface area contributed by atoms with Gasteiger partial charge in [0.2, 0.25) is 5.75 Å². The zero-order chi connectivity index (χ0) is 24.5. The number of methoxy groups -OCH3 is 4. The van der Waals surface area contributed by atoms with Crippen LogP contribution in [0.4, 0.5) is 11.4 Å². The molecule has 176 valence electrons. The third-order valence-corrected chi connectivity index (χ3v) is 5.05. The Bertz CT molecular complexity index is 1180. The number of nitrogens with two attached hydrogens (primary N) is 1. The van der Waals surface area contributed by atoms with Crippen LogP contribution in [0.25, 0.3) is 12.2 Å². The van der Waals surface area contributed by atoms with Crippen LogP contribution in [0.3, 0.4) is 0 Å². The summed E-state index contributed by atoms with van der Waals surface area (Å²) < 4.78 is 21.6. The van der Waals surface area contributed by atoms with Gasteiger partial charge in [-0.2, -0.15) is 0 Å². The van der Waals surface area contributed by atoms with Gasteiger partial charge in [0.25, 0.3) is 0 Å². The zero-order valence-electron chi connectivity index (χ0n) is 19.6. The van der Waals surface area contributed by atoms with Crippen molar-refractivity contribution in [3.63, 3.8) is 0 Å². The number of ketones is 1. The summed E-state index contributed by atoms with van der Waals surface area (Å²) in [4.78, 5) is 12.3. The number of anilines is 2. The molecule has 0 saturated carbocycles. The van der Waals surface area contributed by atoms with Gasteiger partial charge in [0.1, 0.15) is 5.75 Å². The van der Waals surface area contributed by atoms with Gasteiger partial charge < -0.3 is 30.0 Å². The van der Waals surface area contributed by atoms with Crippen LogP contribution in [0, 0.1) is 0 Å². The van der Waals surface area contributed by atoms with E-state index < -0.39 is 0 Å². The van der Waals surface area contributed by atoms with Crippen LogP contribution >= 0.6 is 0 Å². The highest BCUT2D eigenvalue weighted by Gasteiger charge is 2.12. The maximum Gasteiger partial charge on any atom is 0.203 e. The van der Waals surface area contributed by atoms with Crippen molar-refractivity contribution in [1.82, 2.24) is 0 Å². The normalized spacial score (nSPS) is 10.9. The Hall–Kier alpha value is -4.39. The van der Waals surface area contributed by atoms with E-state index in [0.29, 0.717) is 34.2 Å². The number of nitrogens with one attached hydrogen (secondary N) is 1. The number of ether oxygens (including phenoxy) is 4. The molecule has 0 aliphatic carbocycles. The highest BCUT2D eigenvalue weighted by Crippen LogP contribution is 2.38. The minimum absolute atomic E-state index is 0.134. The van der Waals surface area contributed by atoms with Crippen LogP contribution in [-0.4, -0.2) is 34.2 Å². The molecule has 0 unspecified atom stereocenters. The molecule has 0 fully saturated rings. The molecule has 34 heavy (non-hydrogen) atoms. The number of carbonyl (C=O) groups is 1. The Kier molecular flexibility index (Phi) is 8.18. The largest absolute Gasteiger partial charge is 0.495 e. The molecule has 3 N–H and O–H groups in total. The van der Waals surface area contributed by atoms with E-state index in [1.807, 2.05) is 42.5 Å². The second kappa shape index (κ2) is 11.5. The van der Waals surface area contributed by atoms with Gasteiger partial charge in [-0.1, -0.05) is 18.2 Å². The minimum Gasteiger partial charge on any atom is -0.495 e. The minimum atomic E-state index is -0.134. The molecule has 0 aliphatic rings. The van der Waals surface area contributed by atoms with E-state index in [4.69, 9.17) is 24.7 Å². The van der Waals surface area contributed by atoms with Crippen molar-refractivity contribution in [2.24, 2.45) is 0 Å². The lowest BCUT2D eigenvalue weighted by Gasteiger charge is -2.13. The molecule has 3 aromatic rings. The number of carbonyl (C=O) groups excluding carboxylic acids is 1. The first-order chi connectivity index (χ1) is 16.5. The number of hydrogen-bond donors (Lipinski definition) is 2. The van der Waals surface area contributed by atoms with E-state index in [-0.39, 0.29) is 5.78 Å². The average molecular weight is 461 g/mol. The van der Waals surface area contributed by atoms with Crippen LogP contribution in [-0.2, 0) is 0 Å². The SMILES string of the molecule is COc1ccc(C=Cc2cc(OC)c(OC)c(OC)c2)cc1NC=CC(=O)c1ccc(N)cc1. The third-order valence-electron chi connectivity index (χ3n) is 5.05. The monoisotopic (exact) mass is 460 g/mol. The quantitative estimate of drug-likeness (QED) is 0.184. The standard InChI is InChI=1S/C27H28N2O5/c1-31-24-12-7-18(5-6-19-16-25(32-2)27(34-4)26(17-19)33-3)15-22(24)29-14-13-23(30)20-8-10-21(28)11-9-20/h5-17,29H,28H2,1-4H3. The van der Waals surface area contributed by atoms with E-state index in [2.05, 4.69) is 5.32 Å². The van der Waals surface area contributed by atoms with Crippen LogP contribution in [0.1, 0.15) is 21.5 Å². The first-order valence-electron chi connectivity index (χ1n) is 10.5. The fraction of sp³-hybridized carbons (Fsp3) is 0.148. The lowest BCUT2D eigenvalue weighted by Crippen LogP contribution is -1.98. The van der Waals surface area contributed by atoms with E-state index in [1.165, 1.54) is 6.08 Å². The molecule has 0 spiro atoms. The summed E-state index contributed by atoms with van der Waals surface area (Å²) in [7, 11) is 6.32. The van der Waals surface area contributed by atoms with Crippen LogP contribution in [0.5, 0.6) is 23.0 Å². The van der Waals surface area contributed by atoms with Crippen molar-refractivity contribution in [3.05, 3.63) is 83.6 Å². The fourth-order valence-corrected chi connectivity index (χ4v) is 3.28. The Morgan fingerprint density at radius 3 is 1.97 bits per heavy atom. The molecule has 3 aromatic carbocycles. The van der Waals surface area contributed by atoms with E-state index in [0.717, 1.165) is 16.8 Å². The van der Waals surface area contributed by atoms with Gasteiger partial charge in [0.05, 0.1) is 34.1 Å². The van der Waals surface area contributed by atoms with Gasteiger partial charge in [-0.15, -0.1) is 0 Å².